The average molecular weight is 849 g/mol. The number of methoxy groups -OCH3 is 1. The summed E-state index contributed by atoms with van der Waals surface area (Å²) in [7, 11) is 3.49. The number of anilines is 2. The lowest BCUT2D eigenvalue weighted by Crippen LogP contribution is -2.31. The van der Waals surface area contributed by atoms with Crippen LogP contribution in [-0.4, -0.2) is 61.6 Å². The summed E-state index contributed by atoms with van der Waals surface area (Å²) in [6.07, 6.45) is 4.72. The summed E-state index contributed by atoms with van der Waals surface area (Å²) < 4.78 is 25.4. The van der Waals surface area contributed by atoms with Crippen molar-refractivity contribution < 1.29 is 34.0 Å². The van der Waals surface area contributed by atoms with Gasteiger partial charge in [-0.15, -0.1) is 0 Å². The molecule has 0 saturated heterocycles. The summed E-state index contributed by atoms with van der Waals surface area (Å²) in [6.45, 7) is 5.38. The Hall–Kier alpha value is -6.38. The van der Waals surface area contributed by atoms with Crippen molar-refractivity contribution in [1.29, 1.82) is 0 Å². The number of esters is 1. The minimum absolute atomic E-state index is 0.00195. The zero-order valence-electron chi connectivity index (χ0n) is 36.5. The first-order valence-electron chi connectivity index (χ1n) is 22.2. The van der Waals surface area contributed by atoms with E-state index in [0.717, 1.165) is 94.6 Å². The number of aromatic hydroxyl groups is 2. The van der Waals surface area contributed by atoms with E-state index in [-0.39, 0.29) is 53.7 Å². The van der Waals surface area contributed by atoms with Gasteiger partial charge in [-0.3, -0.25) is 4.79 Å². The normalized spacial score (nSPS) is 21.3. The van der Waals surface area contributed by atoms with Crippen molar-refractivity contribution in [1.82, 2.24) is 10.3 Å². The van der Waals surface area contributed by atoms with Gasteiger partial charge >= 0.3 is 5.97 Å². The number of para-hydroxylation sites is 1. The number of nitrogens with two attached hydrogens (primary N) is 1. The van der Waals surface area contributed by atoms with E-state index in [0.29, 0.717) is 42.6 Å². The van der Waals surface area contributed by atoms with E-state index >= 15 is 0 Å². The number of benzene rings is 4. The van der Waals surface area contributed by atoms with E-state index in [9.17, 15) is 15.0 Å². The number of phenols is 2. The number of phenolic OH excluding ortho intramolecular Hbond substituents is 2. The maximum Gasteiger partial charge on any atom is 0.302 e. The van der Waals surface area contributed by atoms with E-state index in [2.05, 4.69) is 71.9 Å². The minimum atomic E-state index is -0.608. The first-order chi connectivity index (χ1) is 30.6. The number of aromatic nitrogens is 1. The first kappa shape index (κ1) is 41.9. The molecule has 0 unspecified atom stereocenters. The van der Waals surface area contributed by atoms with E-state index in [1.807, 2.05) is 25.2 Å². The lowest BCUT2D eigenvalue weighted by atomic mass is 9.64. The largest absolute Gasteiger partial charge is 0.508 e. The van der Waals surface area contributed by atoms with Gasteiger partial charge in [-0.25, -0.2) is 4.98 Å². The van der Waals surface area contributed by atoms with Gasteiger partial charge in [-0.05, 0) is 128 Å². The van der Waals surface area contributed by atoms with Gasteiger partial charge in [0.1, 0.15) is 48.1 Å². The van der Waals surface area contributed by atoms with E-state index < -0.39 is 6.10 Å². The number of hydrogen-bond acceptors (Lipinski definition) is 11. The molecule has 1 saturated carbocycles. The number of rotatable bonds is 12. The molecule has 9 rings (SSSR count). The molecule has 2 aliphatic carbocycles. The Labute approximate surface area is 369 Å². The van der Waals surface area contributed by atoms with Crippen LogP contribution in [0.3, 0.4) is 0 Å². The van der Waals surface area contributed by atoms with Crippen LogP contribution in [0.15, 0.2) is 72.8 Å². The molecule has 4 aromatic carbocycles. The Morgan fingerprint density at radius 1 is 1.02 bits per heavy atom. The topological polar surface area (TPSA) is 157 Å². The second-order valence-corrected chi connectivity index (χ2v) is 17.5. The lowest BCUT2D eigenvalue weighted by Gasteiger charge is -2.39. The highest BCUT2D eigenvalue weighted by molar-refractivity contribution is 5.84. The molecule has 0 amide bonds. The SMILES string of the molecule is CCNc1ccccc1CC[C@H]1c2ccc(N)nc2C#CCc2cc(O)c(OCCNC)cc2[C@H]2Oc3c(ccc4c3[C@]3(CC[C@@H]1C3)Cc1cc(O)cc(OC)c1-4)[C@@H]2COC(C)=O. The summed E-state index contributed by atoms with van der Waals surface area (Å²) in [5.74, 6) is 8.74. The molecule has 1 fully saturated rings. The van der Waals surface area contributed by atoms with Crippen molar-refractivity contribution in [2.45, 2.75) is 82.1 Å². The molecule has 5 aromatic rings. The molecular formula is C52H56N4O7. The third-order valence-electron chi connectivity index (χ3n) is 13.7. The molecule has 6 N–H and O–H groups in total. The second-order valence-electron chi connectivity index (χ2n) is 17.5. The number of hydrogen-bond donors (Lipinski definition) is 5. The van der Waals surface area contributed by atoms with Crippen LogP contribution in [0.25, 0.3) is 11.1 Å². The Kier molecular flexibility index (Phi) is 11.6. The number of aryl methyl sites for hydroxylation is 1. The highest BCUT2D eigenvalue weighted by Crippen LogP contribution is 2.63. The minimum Gasteiger partial charge on any atom is -0.508 e. The third-order valence-corrected chi connectivity index (χ3v) is 13.7. The summed E-state index contributed by atoms with van der Waals surface area (Å²) in [5.41, 5.74) is 16.8. The Morgan fingerprint density at radius 2 is 1.86 bits per heavy atom. The van der Waals surface area contributed by atoms with Crippen LogP contribution in [0.1, 0.15) is 102 Å². The van der Waals surface area contributed by atoms with Crippen LogP contribution in [0, 0.1) is 17.8 Å². The molecule has 4 bridgehead atoms. The van der Waals surface area contributed by atoms with Crippen LogP contribution in [-0.2, 0) is 34.2 Å². The van der Waals surface area contributed by atoms with Gasteiger partial charge in [0.2, 0.25) is 0 Å². The molecule has 11 heteroatoms. The number of likely N-dealkylation sites (N-methyl/N-ethyl adjacent to an activating group) is 1. The van der Waals surface area contributed by atoms with E-state index in [1.54, 1.807) is 19.2 Å². The molecule has 5 atom stereocenters. The van der Waals surface area contributed by atoms with Crippen molar-refractivity contribution in [3.63, 3.8) is 0 Å². The van der Waals surface area contributed by atoms with Crippen molar-refractivity contribution in [2.24, 2.45) is 5.92 Å². The van der Waals surface area contributed by atoms with Crippen molar-refractivity contribution in [3.05, 3.63) is 117 Å². The molecule has 3 heterocycles. The number of carbonyl (C=O) groups excluding carboxylic acids is 1. The van der Waals surface area contributed by atoms with Crippen molar-refractivity contribution in [2.75, 3.05) is 51.5 Å². The predicted molar refractivity (Wildman–Crippen MR) is 244 cm³/mol. The highest BCUT2D eigenvalue weighted by Gasteiger charge is 2.52. The zero-order valence-corrected chi connectivity index (χ0v) is 36.5. The van der Waals surface area contributed by atoms with Gasteiger partial charge in [0, 0.05) is 65.9 Å². The molecule has 4 aliphatic rings. The number of nitrogens with zero attached hydrogens (tertiary/aromatic N) is 1. The van der Waals surface area contributed by atoms with Crippen LogP contribution >= 0.6 is 0 Å². The molecular weight excluding hydrogens is 793 g/mol. The summed E-state index contributed by atoms with van der Waals surface area (Å²) >= 11 is 0. The number of carbonyl (C=O) groups is 1. The molecule has 63 heavy (non-hydrogen) atoms. The maximum atomic E-state index is 12.5. The molecule has 1 aromatic heterocycles. The highest BCUT2D eigenvalue weighted by atomic mass is 16.5. The van der Waals surface area contributed by atoms with Crippen LogP contribution in [0.4, 0.5) is 11.5 Å². The second kappa shape index (κ2) is 17.4. The summed E-state index contributed by atoms with van der Waals surface area (Å²) in [6, 6.07) is 24.0. The van der Waals surface area contributed by atoms with Gasteiger partial charge in [0.15, 0.2) is 11.5 Å². The van der Waals surface area contributed by atoms with Gasteiger partial charge in [0.25, 0.3) is 0 Å². The average Bonchev–Trinajstić information content (AvgIpc) is 3.85. The fourth-order valence-corrected chi connectivity index (χ4v) is 11.0. The van der Waals surface area contributed by atoms with Gasteiger partial charge in [-0.2, -0.15) is 0 Å². The van der Waals surface area contributed by atoms with Crippen molar-refractivity contribution >= 4 is 17.5 Å². The maximum absolute atomic E-state index is 12.5. The standard InChI is InChI=1S/C52H56N4O7/c1-5-55-42-11-7-6-9-31(42)13-14-36-33-19-20-52(27-33)28-34-23-35(58)25-46(60-4)48(34)39-16-15-38-41(29-62-30(2)57)50(63-51(38)49(39)52)40-26-45(61-22-21-54-3)44(59)24-32(40)10-8-12-43-37(36)17-18-47(53)56-43/h6-7,9,11,15-18,23-26,33,36,41,50,54-55,58-59H,5,10,13-14,19-22,27-29H2,1-4H3,(H2,53,56)/t33-,36-,41+,50-,52+/m1/s1. The summed E-state index contributed by atoms with van der Waals surface area (Å²) in [4.78, 5) is 17.4. The Morgan fingerprint density at radius 3 is 2.67 bits per heavy atom. The van der Waals surface area contributed by atoms with Gasteiger partial charge in [-0.1, -0.05) is 42.3 Å². The number of pyridine rings is 1. The van der Waals surface area contributed by atoms with Crippen LogP contribution < -0.4 is 30.6 Å². The number of fused-ring (bicyclic) bond motifs is 7. The quantitative estimate of drug-likeness (QED) is 0.0466. The van der Waals surface area contributed by atoms with Crippen LogP contribution in [0.5, 0.6) is 28.7 Å². The fourth-order valence-electron chi connectivity index (χ4n) is 11.0. The summed E-state index contributed by atoms with van der Waals surface area (Å²) in [5, 5.41) is 29.2. The monoisotopic (exact) mass is 848 g/mol. The number of nitrogens with one attached hydrogen (secondary N) is 2. The smallest absolute Gasteiger partial charge is 0.302 e. The fraction of sp³-hybridized carbons (Fsp3) is 0.385. The molecule has 2 aliphatic heterocycles. The number of ether oxygens (including phenoxy) is 4. The van der Waals surface area contributed by atoms with Gasteiger partial charge < -0.3 is 45.5 Å². The molecule has 0 radical (unpaired) electrons. The van der Waals surface area contributed by atoms with Crippen molar-refractivity contribution in [3.8, 4) is 51.7 Å². The van der Waals surface area contributed by atoms with E-state index in [1.165, 1.54) is 12.5 Å². The third kappa shape index (κ3) is 7.86. The Bertz CT molecular complexity index is 2630. The lowest BCUT2D eigenvalue weighted by molar-refractivity contribution is -0.141. The first-order valence-corrected chi connectivity index (χ1v) is 22.2. The molecule has 1 spiro atoms. The van der Waals surface area contributed by atoms with E-state index in [4.69, 9.17) is 29.7 Å². The van der Waals surface area contributed by atoms with Gasteiger partial charge in [0.05, 0.1) is 13.0 Å². The Balaban J connectivity index is 1.28. The molecule has 11 nitrogen and oxygen atoms in total. The predicted octanol–water partition coefficient (Wildman–Crippen LogP) is 8.48. The van der Waals surface area contributed by atoms with Crippen LogP contribution in [0.2, 0.25) is 0 Å². The number of nitrogen functional groups attached to an aromatic ring is 1. The zero-order chi connectivity index (χ0) is 43.8. The molecule has 326 valence electrons.